The number of nitrogen functional groups attached to an aromatic ring is 1. The van der Waals surface area contributed by atoms with Crippen LogP contribution in [0.5, 0.6) is 0 Å². The van der Waals surface area contributed by atoms with Crippen LogP contribution < -0.4 is 15.8 Å². The Kier molecular flexibility index (Phi) is 9.58. The van der Waals surface area contributed by atoms with Gasteiger partial charge in [0, 0.05) is 18.2 Å². The third kappa shape index (κ3) is 7.07. The van der Waals surface area contributed by atoms with Crippen LogP contribution in [0.3, 0.4) is 0 Å². The highest BCUT2D eigenvalue weighted by atomic mass is 32.2. The Labute approximate surface area is 235 Å². The molecule has 3 aromatic rings. The van der Waals surface area contributed by atoms with Crippen LogP contribution in [-0.2, 0) is 35.4 Å². The van der Waals surface area contributed by atoms with Crippen LogP contribution in [-0.4, -0.2) is 73.0 Å². The fourth-order valence-electron chi connectivity index (χ4n) is 3.95. The van der Waals surface area contributed by atoms with E-state index in [0.29, 0.717) is 40.4 Å². The number of hydrogen-bond acceptors (Lipinski definition) is 11. The third-order valence-electron chi connectivity index (χ3n) is 5.93. The fourth-order valence-corrected chi connectivity index (χ4v) is 5.64. The van der Waals surface area contributed by atoms with Gasteiger partial charge in [-0.2, -0.15) is 0 Å². The van der Waals surface area contributed by atoms with E-state index in [9.17, 15) is 13.0 Å². The number of rotatable bonds is 13. The molecule has 1 aromatic heterocycles. The minimum absolute atomic E-state index is 0.00587. The Balaban J connectivity index is 1.69. The second kappa shape index (κ2) is 13.1. The monoisotopic (exact) mass is 589 g/mol. The molecule has 2 aromatic carbocycles. The van der Waals surface area contributed by atoms with Crippen molar-refractivity contribution in [2.24, 2.45) is 0 Å². The van der Waals surface area contributed by atoms with Gasteiger partial charge < -0.3 is 34.9 Å². The number of para-hydroxylation sites is 2. The molecule has 2 unspecified atom stereocenters. The number of aromatic nitrogens is 2. The van der Waals surface area contributed by atoms with Crippen molar-refractivity contribution in [3.05, 3.63) is 71.9 Å². The first-order valence-corrected chi connectivity index (χ1v) is 15.2. The molecule has 1 aliphatic rings. The summed E-state index contributed by atoms with van der Waals surface area (Å²) in [4.78, 5) is 9.20. The van der Waals surface area contributed by atoms with Crippen molar-refractivity contribution in [3.8, 4) is 0 Å². The zero-order valence-electron chi connectivity index (χ0n) is 22.0. The molecule has 1 heterocycles. The molecule has 0 bridgehead atoms. The Morgan fingerprint density at radius 1 is 1.05 bits per heavy atom. The van der Waals surface area contributed by atoms with Crippen molar-refractivity contribution in [1.82, 2.24) is 9.97 Å². The van der Waals surface area contributed by atoms with Crippen LogP contribution in [0.4, 0.5) is 17.3 Å². The van der Waals surface area contributed by atoms with Crippen molar-refractivity contribution < 1.29 is 32.3 Å². The highest BCUT2D eigenvalue weighted by molar-refractivity contribution is 7.92. The van der Waals surface area contributed by atoms with E-state index < -0.39 is 27.2 Å². The maximum atomic E-state index is 13.2. The van der Waals surface area contributed by atoms with E-state index in [1.54, 1.807) is 30.3 Å². The lowest BCUT2D eigenvalue weighted by Gasteiger charge is -2.28. The van der Waals surface area contributed by atoms with Gasteiger partial charge >= 0.3 is 0 Å². The zero-order chi connectivity index (χ0) is 28.7. The Morgan fingerprint density at radius 3 is 2.35 bits per heavy atom. The molecule has 5 N–H and O–H groups in total. The van der Waals surface area contributed by atoms with Crippen molar-refractivity contribution in [2.75, 3.05) is 54.7 Å². The molecule has 0 amide bonds. The molecular formula is C26H31N5O7S2. The predicted octanol–water partition coefficient (Wildman–Crippen LogP) is 2.34. The van der Waals surface area contributed by atoms with Crippen LogP contribution in [0, 0.1) is 0 Å². The number of aliphatic hydroxyl groups excluding tert-OH is 1. The molecule has 0 aliphatic heterocycles. The first-order valence-electron chi connectivity index (χ1n) is 12.3. The molecular weight excluding hydrogens is 558 g/mol. The number of allylic oxidation sites excluding steroid dienone is 1. The zero-order valence-corrected chi connectivity index (χ0v) is 23.6. The maximum absolute atomic E-state index is 13.2. The summed E-state index contributed by atoms with van der Waals surface area (Å²) in [5, 5.41) is 12.3. The molecule has 12 nitrogen and oxygen atoms in total. The number of ether oxygens (including phenoxy) is 3. The number of nitrogens with zero attached hydrogens (tertiary/aromatic N) is 2. The minimum Gasteiger partial charge on any atom is -0.616 e. The Morgan fingerprint density at radius 2 is 1.73 bits per heavy atom. The van der Waals surface area contributed by atoms with Gasteiger partial charge in [0.15, 0.2) is 23.2 Å². The number of methoxy groups -OCH3 is 2. The van der Waals surface area contributed by atoms with Crippen LogP contribution >= 0.6 is 0 Å². The molecule has 0 saturated heterocycles. The molecule has 0 spiro atoms. The molecule has 2 atom stereocenters. The molecule has 4 rings (SSSR count). The van der Waals surface area contributed by atoms with Gasteiger partial charge in [0.25, 0.3) is 10.0 Å². The van der Waals surface area contributed by atoms with E-state index in [1.165, 1.54) is 38.5 Å². The average molecular weight is 590 g/mol. The molecule has 40 heavy (non-hydrogen) atoms. The van der Waals surface area contributed by atoms with E-state index >= 15 is 0 Å². The standard InChI is InChI=1S/C26H31N5O7S2/c1-36-18-15-22(24(23(16-18)37-2)38-12-14-39(33)13-11-32)30-25-26(29-21-6-4-3-5-20(21)28-25)31-40(34,35)19-9-7-17(27)8-10-19/h3-10,16,22,32H,11-15,27H2,1-2H3,(H,28,30)(H,29,31). The molecule has 14 heteroatoms. The van der Waals surface area contributed by atoms with Crippen LogP contribution in [0.25, 0.3) is 11.0 Å². The summed E-state index contributed by atoms with van der Waals surface area (Å²) in [6.07, 6.45) is 2.01. The second-order valence-corrected chi connectivity index (χ2v) is 12.0. The number of benzene rings is 2. The molecule has 214 valence electrons. The third-order valence-corrected chi connectivity index (χ3v) is 8.54. The number of aliphatic hydroxyl groups is 1. The molecule has 0 radical (unpaired) electrons. The molecule has 1 aliphatic carbocycles. The van der Waals surface area contributed by atoms with Crippen molar-refractivity contribution in [3.63, 3.8) is 0 Å². The van der Waals surface area contributed by atoms with Crippen molar-refractivity contribution in [2.45, 2.75) is 17.4 Å². The van der Waals surface area contributed by atoms with Gasteiger partial charge in [-0.15, -0.1) is 0 Å². The summed E-state index contributed by atoms with van der Waals surface area (Å²) in [6, 6.07) is 12.3. The number of sulfonamides is 1. The van der Waals surface area contributed by atoms with Gasteiger partial charge in [-0.3, -0.25) is 4.72 Å². The highest BCUT2D eigenvalue weighted by Gasteiger charge is 2.30. The first kappa shape index (κ1) is 29.3. The minimum atomic E-state index is -4.04. The van der Waals surface area contributed by atoms with Gasteiger partial charge in [0.2, 0.25) is 0 Å². The average Bonchev–Trinajstić information content (AvgIpc) is 2.94. The van der Waals surface area contributed by atoms with Gasteiger partial charge in [0.05, 0.1) is 42.8 Å². The van der Waals surface area contributed by atoms with E-state index in [4.69, 9.17) is 25.1 Å². The first-order chi connectivity index (χ1) is 19.2. The quantitative estimate of drug-likeness (QED) is 0.170. The lowest BCUT2D eigenvalue weighted by Crippen LogP contribution is -2.31. The fraction of sp³-hybridized carbons (Fsp3) is 0.308. The summed E-state index contributed by atoms with van der Waals surface area (Å²) in [7, 11) is -1.03. The summed E-state index contributed by atoms with van der Waals surface area (Å²) < 4.78 is 58.1. The number of nitrogens with two attached hydrogens (primary N) is 1. The summed E-state index contributed by atoms with van der Waals surface area (Å²) in [6.45, 7) is -0.0818. The predicted molar refractivity (Wildman–Crippen MR) is 153 cm³/mol. The van der Waals surface area contributed by atoms with Gasteiger partial charge in [0.1, 0.15) is 23.9 Å². The van der Waals surface area contributed by atoms with E-state index in [0.717, 1.165) is 0 Å². The van der Waals surface area contributed by atoms with Crippen molar-refractivity contribution in [1.29, 1.82) is 0 Å². The lowest BCUT2D eigenvalue weighted by molar-refractivity contribution is 0.165. The van der Waals surface area contributed by atoms with Crippen LogP contribution in [0.15, 0.2) is 76.8 Å². The van der Waals surface area contributed by atoms with Gasteiger partial charge in [-0.05, 0) is 47.6 Å². The number of hydrogen-bond donors (Lipinski definition) is 4. The largest absolute Gasteiger partial charge is 0.616 e. The SMILES string of the molecule is COC1=CC(OC)=C(OCC[S+]([O-])CCO)C(Nc2nc3ccccc3nc2NS(=O)(=O)c2ccc(N)cc2)C1. The summed E-state index contributed by atoms with van der Waals surface area (Å²) in [5.41, 5.74) is 7.18. The number of anilines is 3. The van der Waals surface area contributed by atoms with Gasteiger partial charge in [-0.25, -0.2) is 18.4 Å². The Hall–Kier alpha value is -3.72. The normalized spacial score (nSPS) is 16.3. The van der Waals surface area contributed by atoms with Gasteiger partial charge in [-0.1, -0.05) is 12.1 Å². The lowest BCUT2D eigenvalue weighted by atomic mass is 10.0. The smallest absolute Gasteiger partial charge is 0.263 e. The van der Waals surface area contributed by atoms with E-state index in [1.807, 2.05) is 0 Å². The second-order valence-electron chi connectivity index (χ2n) is 8.65. The summed E-state index contributed by atoms with van der Waals surface area (Å²) >= 11 is -1.25. The summed E-state index contributed by atoms with van der Waals surface area (Å²) in [5.74, 6) is 1.85. The maximum Gasteiger partial charge on any atom is 0.263 e. The highest BCUT2D eigenvalue weighted by Crippen LogP contribution is 2.32. The van der Waals surface area contributed by atoms with E-state index in [-0.39, 0.29) is 41.3 Å². The Bertz CT molecular complexity index is 1500. The van der Waals surface area contributed by atoms with Crippen LogP contribution in [0.2, 0.25) is 0 Å². The molecule has 0 saturated carbocycles. The van der Waals surface area contributed by atoms with Crippen molar-refractivity contribution >= 4 is 49.6 Å². The molecule has 0 fully saturated rings. The number of nitrogens with one attached hydrogen (secondary N) is 2. The van der Waals surface area contributed by atoms with E-state index in [2.05, 4.69) is 20.0 Å². The number of fused-ring (bicyclic) bond motifs is 1. The van der Waals surface area contributed by atoms with Crippen LogP contribution in [0.1, 0.15) is 6.42 Å². The topological polar surface area (TPSA) is 181 Å².